The monoisotopic (exact) mass is 289 g/mol. The Morgan fingerprint density at radius 1 is 1.29 bits per heavy atom. The van der Waals surface area contributed by atoms with Crippen molar-refractivity contribution in [1.29, 1.82) is 0 Å². The van der Waals surface area contributed by atoms with Gasteiger partial charge in [-0.25, -0.2) is 9.37 Å². The molecule has 0 amide bonds. The Labute approximate surface area is 122 Å². The number of hydrogen-bond acceptors (Lipinski definition) is 4. The van der Waals surface area contributed by atoms with Crippen molar-refractivity contribution in [2.75, 3.05) is 5.32 Å². The molecular formula is C15H16FN3O2. The summed E-state index contributed by atoms with van der Waals surface area (Å²) in [5.74, 6) is -0.0232. The first-order valence-electron chi connectivity index (χ1n) is 6.58. The van der Waals surface area contributed by atoms with Gasteiger partial charge in [-0.2, -0.15) is 0 Å². The molecule has 1 atom stereocenters. The normalized spacial score (nSPS) is 12.0. The second-order valence-corrected chi connectivity index (χ2v) is 4.95. The second-order valence-electron chi connectivity index (χ2n) is 4.95. The zero-order valence-corrected chi connectivity index (χ0v) is 11.8. The van der Waals surface area contributed by atoms with Crippen LogP contribution in [0.3, 0.4) is 0 Å². The number of anilines is 1. The number of nitro groups is 1. The third kappa shape index (κ3) is 3.98. The van der Waals surface area contributed by atoms with Crippen molar-refractivity contribution < 1.29 is 9.31 Å². The SMILES string of the molecule is Cc1ccc([N+](=O)[O-])c(NC(C)Cc2ccc(F)cc2)n1. The Bertz CT molecular complexity index is 644. The highest BCUT2D eigenvalue weighted by Crippen LogP contribution is 2.23. The highest BCUT2D eigenvalue weighted by atomic mass is 19.1. The molecule has 0 spiro atoms. The van der Waals surface area contributed by atoms with E-state index in [1.807, 2.05) is 6.92 Å². The molecule has 0 fully saturated rings. The van der Waals surface area contributed by atoms with Gasteiger partial charge in [0.15, 0.2) is 0 Å². The van der Waals surface area contributed by atoms with Gasteiger partial charge in [-0.1, -0.05) is 12.1 Å². The Balaban J connectivity index is 2.12. The van der Waals surface area contributed by atoms with Crippen LogP contribution < -0.4 is 5.32 Å². The fourth-order valence-electron chi connectivity index (χ4n) is 2.06. The lowest BCUT2D eigenvalue weighted by Crippen LogP contribution is -2.20. The highest BCUT2D eigenvalue weighted by Gasteiger charge is 2.17. The van der Waals surface area contributed by atoms with Crippen molar-refractivity contribution in [2.45, 2.75) is 26.3 Å². The summed E-state index contributed by atoms with van der Waals surface area (Å²) in [6, 6.07) is 9.18. The first-order chi connectivity index (χ1) is 9.95. The smallest absolute Gasteiger partial charge is 0.311 e. The van der Waals surface area contributed by atoms with E-state index in [0.717, 1.165) is 5.56 Å². The van der Waals surface area contributed by atoms with Gasteiger partial charge < -0.3 is 5.32 Å². The van der Waals surface area contributed by atoms with Crippen molar-refractivity contribution in [1.82, 2.24) is 4.98 Å². The van der Waals surface area contributed by atoms with Crippen LogP contribution in [-0.2, 0) is 6.42 Å². The summed E-state index contributed by atoms with van der Waals surface area (Å²) >= 11 is 0. The van der Waals surface area contributed by atoms with Crippen LogP contribution >= 0.6 is 0 Å². The van der Waals surface area contributed by atoms with Crippen molar-refractivity contribution in [3.63, 3.8) is 0 Å². The first-order valence-corrected chi connectivity index (χ1v) is 6.58. The van der Waals surface area contributed by atoms with E-state index in [2.05, 4.69) is 10.3 Å². The Hall–Kier alpha value is -2.50. The number of aryl methyl sites for hydroxylation is 1. The van der Waals surface area contributed by atoms with Crippen LogP contribution in [0.1, 0.15) is 18.2 Å². The van der Waals surface area contributed by atoms with E-state index >= 15 is 0 Å². The van der Waals surface area contributed by atoms with Crippen LogP contribution in [0.5, 0.6) is 0 Å². The van der Waals surface area contributed by atoms with Crippen LogP contribution in [0.4, 0.5) is 15.9 Å². The van der Waals surface area contributed by atoms with E-state index < -0.39 is 4.92 Å². The van der Waals surface area contributed by atoms with E-state index in [4.69, 9.17) is 0 Å². The molecule has 6 heteroatoms. The number of nitrogens with one attached hydrogen (secondary N) is 1. The maximum atomic E-state index is 12.9. The van der Waals surface area contributed by atoms with Gasteiger partial charge in [-0.05, 0) is 44.0 Å². The van der Waals surface area contributed by atoms with E-state index in [1.54, 1.807) is 25.1 Å². The third-order valence-corrected chi connectivity index (χ3v) is 3.05. The highest BCUT2D eigenvalue weighted by molar-refractivity contribution is 5.56. The van der Waals surface area contributed by atoms with Gasteiger partial charge in [0.25, 0.3) is 0 Å². The number of pyridine rings is 1. The van der Waals surface area contributed by atoms with Crippen molar-refractivity contribution in [3.05, 3.63) is 63.6 Å². The van der Waals surface area contributed by atoms with Gasteiger partial charge in [-0.15, -0.1) is 0 Å². The molecule has 0 saturated heterocycles. The molecule has 0 aliphatic heterocycles. The lowest BCUT2D eigenvalue weighted by Gasteiger charge is -2.15. The van der Waals surface area contributed by atoms with Gasteiger partial charge >= 0.3 is 5.69 Å². The molecule has 110 valence electrons. The molecule has 2 aromatic rings. The maximum absolute atomic E-state index is 12.9. The topological polar surface area (TPSA) is 68.1 Å². The third-order valence-electron chi connectivity index (χ3n) is 3.05. The van der Waals surface area contributed by atoms with Crippen LogP contribution in [0, 0.1) is 22.9 Å². The minimum Gasteiger partial charge on any atom is -0.362 e. The second kappa shape index (κ2) is 6.30. The van der Waals surface area contributed by atoms with E-state index in [0.29, 0.717) is 12.1 Å². The average molecular weight is 289 g/mol. The van der Waals surface area contributed by atoms with Crippen LogP contribution in [0.15, 0.2) is 36.4 Å². The summed E-state index contributed by atoms with van der Waals surface area (Å²) in [6.07, 6.45) is 0.618. The molecule has 21 heavy (non-hydrogen) atoms. The fourth-order valence-corrected chi connectivity index (χ4v) is 2.06. The predicted octanol–water partition coefficient (Wildman–Crippen LogP) is 3.48. The largest absolute Gasteiger partial charge is 0.362 e. The minimum atomic E-state index is -0.459. The number of aromatic nitrogens is 1. The van der Waals surface area contributed by atoms with Crippen molar-refractivity contribution in [2.24, 2.45) is 0 Å². The van der Waals surface area contributed by atoms with Crippen LogP contribution in [-0.4, -0.2) is 15.9 Å². The lowest BCUT2D eigenvalue weighted by molar-refractivity contribution is -0.384. The predicted molar refractivity (Wildman–Crippen MR) is 78.8 cm³/mol. The van der Waals surface area contributed by atoms with Gasteiger partial charge in [0.1, 0.15) is 5.82 Å². The fraction of sp³-hybridized carbons (Fsp3) is 0.267. The maximum Gasteiger partial charge on any atom is 0.311 e. The Morgan fingerprint density at radius 2 is 1.95 bits per heavy atom. The van der Waals surface area contributed by atoms with Gasteiger partial charge in [0.2, 0.25) is 5.82 Å². The number of hydrogen-bond donors (Lipinski definition) is 1. The van der Waals surface area contributed by atoms with E-state index in [1.165, 1.54) is 18.2 Å². The summed E-state index contributed by atoms with van der Waals surface area (Å²) in [5, 5.41) is 14.0. The molecular weight excluding hydrogens is 273 g/mol. The van der Waals surface area contributed by atoms with Gasteiger partial charge in [0.05, 0.1) is 4.92 Å². The molecule has 2 rings (SSSR count). The van der Waals surface area contributed by atoms with E-state index in [9.17, 15) is 14.5 Å². The summed E-state index contributed by atoms with van der Waals surface area (Å²) in [4.78, 5) is 14.7. The molecule has 1 heterocycles. The molecule has 1 aromatic heterocycles. The molecule has 0 radical (unpaired) electrons. The van der Waals surface area contributed by atoms with Crippen molar-refractivity contribution >= 4 is 11.5 Å². The molecule has 5 nitrogen and oxygen atoms in total. The quantitative estimate of drug-likeness (QED) is 0.676. The molecule has 1 aromatic carbocycles. The van der Waals surface area contributed by atoms with Crippen LogP contribution in [0.2, 0.25) is 0 Å². The first kappa shape index (κ1) is 14.9. The number of halogens is 1. The van der Waals surface area contributed by atoms with Crippen LogP contribution in [0.25, 0.3) is 0 Å². The molecule has 1 N–H and O–H groups in total. The zero-order chi connectivity index (χ0) is 15.4. The summed E-state index contributed by atoms with van der Waals surface area (Å²) in [6.45, 7) is 3.68. The summed E-state index contributed by atoms with van der Waals surface area (Å²) < 4.78 is 12.9. The molecule has 0 aliphatic carbocycles. The number of rotatable bonds is 5. The summed E-state index contributed by atoms with van der Waals surface area (Å²) in [7, 11) is 0. The molecule has 0 saturated carbocycles. The minimum absolute atomic E-state index is 0.0495. The van der Waals surface area contributed by atoms with Gasteiger partial charge in [0, 0.05) is 17.8 Å². The number of nitrogens with zero attached hydrogens (tertiary/aromatic N) is 2. The molecule has 1 unspecified atom stereocenters. The Morgan fingerprint density at radius 3 is 2.57 bits per heavy atom. The molecule has 0 aliphatic rings. The van der Waals surface area contributed by atoms with Gasteiger partial charge in [-0.3, -0.25) is 10.1 Å². The van der Waals surface area contributed by atoms with Crippen molar-refractivity contribution in [3.8, 4) is 0 Å². The van der Waals surface area contributed by atoms with E-state index in [-0.39, 0.29) is 23.4 Å². The standard InChI is InChI=1S/C15H16FN3O2/c1-10-3-8-14(19(20)21)15(17-10)18-11(2)9-12-4-6-13(16)7-5-12/h3-8,11H,9H2,1-2H3,(H,17,18). The molecule has 0 bridgehead atoms. The lowest BCUT2D eigenvalue weighted by atomic mass is 10.1. The zero-order valence-electron chi connectivity index (χ0n) is 11.8. The average Bonchev–Trinajstić information content (AvgIpc) is 2.41. The summed E-state index contributed by atoms with van der Waals surface area (Å²) in [5.41, 5.74) is 1.61. The Kier molecular flexibility index (Phi) is 4.47. The number of benzene rings is 1.